The molecule has 0 saturated carbocycles. The largest absolute Gasteiger partial charge is 0.454 e. The Morgan fingerprint density at radius 2 is 2.04 bits per heavy atom. The maximum Gasteiger partial charge on any atom is 0.242 e. The number of ether oxygens (including phenoxy) is 3. The van der Waals surface area contributed by atoms with Gasteiger partial charge in [0.1, 0.15) is 0 Å². The van der Waals surface area contributed by atoms with Crippen LogP contribution in [0.3, 0.4) is 0 Å². The Morgan fingerprint density at radius 1 is 1.31 bits per heavy atom. The SMILES string of the molecule is COCCN(Cc1ccc2c(c1)OCO2)C(=O)CNC(=O)[C@@H](N)C(C)C. The van der Waals surface area contributed by atoms with Crippen molar-refractivity contribution in [3.8, 4) is 11.5 Å². The van der Waals surface area contributed by atoms with Crippen LogP contribution in [-0.2, 0) is 20.9 Å². The lowest BCUT2D eigenvalue weighted by molar-refractivity contribution is -0.134. The summed E-state index contributed by atoms with van der Waals surface area (Å²) in [7, 11) is 1.58. The molecule has 0 radical (unpaired) electrons. The number of hydrogen-bond donors (Lipinski definition) is 2. The first kappa shape index (κ1) is 20.0. The van der Waals surface area contributed by atoms with Gasteiger partial charge in [-0.1, -0.05) is 19.9 Å². The zero-order valence-corrected chi connectivity index (χ0v) is 15.5. The predicted octanol–water partition coefficient (Wildman–Crippen LogP) is 0.490. The fourth-order valence-corrected chi connectivity index (χ4v) is 2.45. The Morgan fingerprint density at radius 3 is 2.73 bits per heavy atom. The number of amides is 2. The summed E-state index contributed by atoms with van der Waals surface area (Å²) in [5, 5.41) is 2.61. The summed E-state index contributed by atoms with van der Waals surface area (Å²) in [6.45, 7) is 5.00. The molecule has 8 nitrogen and oxygen atoms in total. The van der Waals surface area contributed by atoms with Crippen LogP contribution < -0.4 is 20.5 Å². The lowest BCUT2D eigenvalue weighted by Gasteiger charge is -2.23. The van der Waals surface area contributed by atoms with Gasteiger partial charge in [0.25, 0.3) is 0 Å². The Hall–Kier alpha value is -2.32. The third-order valence-electron chi connectivity index (χ3n) is 4.16. The second-order valence-electron chi connectivity index (χ2n) is 6.48. The topological polar surface area (TPSA) is 103 Å². The molecule has 3 N–H and O–H groups in total. The first-order valence-corrected chi connectivity index (χ1v) is 8.61. The molecule has 2 amide bonds. The van der Waals surface area contributed by atoms with Crippen molar-refractivity contribution in [1.29, 1.82) is 0 Å². The monoisotopic (exact) mass is 365 g/mol. The molecule has 0 bridgehead atoms. The number of hydrogen-bond acceptors (Lipinski definition) is 6. The molecule has 1 heterocycles. The molecular formula is C18H27N3O5. The van der Waals surface area contributed by atoms with Gasteiger partial charge in [-0.3, -0.25) is 9.59 Å². The Kier molecular flexibility index (Phi) is 7.23. The van der Waals surface area contributed by atoms with Crippen molar-refractivity contribution in [2.75, 3.05) is 33.6 Å². The first-order valence-electron chi connectivity index (χ1n) is 8.61. The lowest BCUT2D eigenvalue weighted by atomic mass is 10.1. The van der Waals surface area contributed by atoms with E-state index in [1.54, 1.807) is 12.0 Å². The molecule has 8 heteroatoms. The molecule has 0 aromatic heterocycles. The highest BCUT2D eigenvalue weighted by Crippen LogP contribution is 2.32. The molecule has 1 aliphatic rings. The maximum absolute atomic E-state index is 12.5. The van der Waals surface area contributed by atoms with Crippen LogP contribution >= 0.6 is 0 Å². The number of nitrogens with two attached hydrogens (primary N) is 1. The predicted molar refractivity (Wildman–Crippen MR) is 95.7 cm³/mol. The minimum Gasteiger partial charge on any atom is -0.454 e. The van der Waals surface area contributed by atoms with Crippen molar-refractivity contribution in [1.82, 2.24) is 10.2 Å². The highest BCUT2D eigenvalue weighted by atomic mass is 16.7. The van der Waals surface area contributed by atoms with Crippen molar-refractivity contribution >= 4 is 11.8 Å². The van der Waals surface area contributed by atoms with Crippen LogP contribution in [0, 0.1) is 5.92 Å². The number of fused-ring (bicyclic) bond motifs is 1. The molecular weight excluding hydrogens is 338 g/mol. The number of benzene rings is 1. The second-order valence-corrected chi connectivity index (χ2v) is 6.48. The van der Waals surface area contributed by atoms with Crippen LogP contribution in [0.1, 0.15) is 19.4 Å². The third kappa shape index (κ3) is 5.34. The van der Waals surface area contributed by atoms with E-state index in [0.29, 0.717) is 31.2 Å². The van der Waals surface area contributed by atoms with E-state index in [2.05, 4.69) is 5.32 Å². The molecule has 1 aromatic carbocycles. The zero-order chi connectivity index (χ0) is 19.1. The molecule has 26 heavy (non-hydrogen) atoms. The summed E-state index contributed by atoms with van der Waals surface area (Å²) in [5.74, 6) is 0.826. The zero-order valence-electron chi connectivity index (χ0n) is 15.5. The molecule has 1 aliphatic heterocycles. The highest BCUT2D eigenvalue weighted by Gasteiger charge is 2.21. The normalized spacial score (nSPS) is 13.6. The van der Waals surface area contributed by atoms with Gasteiger partial charge in [0.2, 0.25) is 18.6 Å². The molecule has 0 unspecified atom stereocenters. The molecule has 0 fully saturated rings. The number of carbonyl (C=O) groups is 2. The van der Waals surface area contributed by atoms with Gasteiger partial charge in [-0.15, -0.1) is 0 Å². The summed E-state index contributed by atoms with van der Waals surface area (Å²) in [5.41, 5.74) is 6.70. The second kappa shape index (κ2) is 9.40. The van der Waals surface area contributed by atoms with Crippen LogP contribution in [0.15, 0.2) is 18.2 Å². The molecule has 144 valence electrons. The molecule has 2 rings (SSSR count). The standard InChI is InChI=1S/C18H27N3O5/c1-12(2)17(19)18(23)20-9-16(22)21(6-7-24-3)10-13-4-5-14-15(8-13)26-11-25-14/h4-5,8,12,17H,6-7,9-11,19H2,1-3H3,(H,20,23)/t17-/m0/s1. The van der Waals surface area contributed by atoms with Gasteiger partial charge in [-0.05, 0) is 23.6 Å². The molecule has 0 aliphatic carbocycles. The van der Waals surface area contributed by atoms with Crippen molar-refractivity contribution < 1.29 is 23.8 Å². The average molecular weight is 365 g/mol. The summed E-state index contributed by atoms with van der Waals surface area (Å²) in [4.78, 5) is 26.1. The summed E-state index contributed by atoms with van der Waals surface area (Å²) < 4.78 is 15.7. The molecule has 0 saturated heterocycles. The van der Waals surface area contributed by atoms with Gasteiger partial charge in [-0.25, -0.2) is 0 Å². The Labute approximate surface area is 153 Å². The molecule has 1 atom stereocenters. The fourth-order valence-electron chi connectivity index (χ4n) is 2.45. The first-order chi connectivity index (χ1) is 12.4. The smallest absolute Gasteiger partial charge is 0.242 e. The van der Waals surface area contributed by atoms with Crippen molar-refractivity contribution in [3.63, 3.8) is 0 Å². The van der Waals surface area contributed by atoms with Crippen LogP contribution in [0.25, 0.3) is 0 Å². The Balaban J connectivity index is 1.97. The average Bonchev–Trinajstić information content (AvgIpc) is 3.09. The van der Waals surface area contributed by atoms with Crippen LogP contribution in [0.4, 0.5) is 0 Å². The van der Waals surface area contributed by atoms with Gasteiger partial charge >= 0.3 is 0 Å². The third-order valence-corrected chi connectivity index (χ3v) is 4.16. The summed E-state index contributed by atoms with van der Waals surface area (Å²) in [6.07, 6.45) is 0. The number of nitrogens with zero attached hydrogens (tertiary/aromatic N) is 1. The summed E-state index contributed by atoms with van der Waals surface area (Å²) in [6, 6.07) is 4.92. The van der Waals surface area contributed by atoms with E-state index in [4.69, 9.17) is 19.9 Å². The van der Waals surface area contributed by atoms with Gasteiger partial charge in [0, 0.05) is 20.2 Å². The maximum atomic E-state index is 12.5. The summed E-state index contributed by atoms with van der Waals surface area (Å²) >= 11 is 0. The Bertz CT molecular complexity index is 635. The van der Waals surface area contributed by atoms with E-state index < -0.39 is 6.04 Å². The van der Waals surface area contributed by atoms with Crippen LogP contribution in [-0.4, -0.2) is 56.4 Å². The van der Waals surface area contributed by atoms with Crippen molar-refractivity contribution in [2.45, 2.75) is 26.4 Å². The fraction of sp³-hybridized carbons (Fsp3) is 0.556. The minimum atomic E-state index is -0.635. The lowest BCUT2D eigenvalue weighted by Crippen LogP contribution is -2.48. The number of rotatable bonds is 9. The van der Waals surface area contributed by atoms with Gasteiger partial charge in [0.05, 0.1) is 19.2 Å². The van der Waals surface area contributed by atoms with Crippen LogP contribution in [0.5, 0.6) is 11.5 Å². The highest BCUT2D eigenvalue weighted by molar-refractivity contribution is 5.87. The van der Waals surface area contributed by atoms with E-state index >= 15 is 0 Å². The van der Waals surface area contributed by atoms with E-state index in [1.165, 1.54) is 0 Å². The van der Waals surface area contributed by atoms with Crippen LogP contribution in [0.2, 0.25) is 0 Å². The van der Waals surface area contributed by atoms with Gasteiger partial charge < -0.3 is 30.2 Å². The molecule has 0 spiro atoms. The van der Waals surface area contributed by atoms with Gasteiger partial charge in [-0.2, -0.15) is 0 Å². The van der Waals surface area contributed by atoms with E-state index in [-0.39, 0.29) is 31.1 Å². The number of methoxy groups -OCH3 is 1. The number of nitrogens with one attached hydrogen (secondary N) is 1. The molecule has 1 aromatic rings. The van der Waals surface area contributed by atoms with E-state index in [0.717, 1.165) is 5.56 Å². The van der Waals surface area contributed by atoms with Gasteiger partial charge in [0.15, 0.2) is 11.5 Å². The minimum absolute atomic E-state index is 0.00308. The van der Waals surface area contributed by atoms with E-state index in [9.17, 15) is 9.59 Å². The van der Waals surface area contributed by atoms with Crippen molar-refractivity contribution in [2.24, 2.45) is 11.7 Å². The van der Waals surface area contributed by atoms with E-state index in [1.807, 2.05) is 32.0 Å². The number of carbonyl (C=O) groups excluding carboxylic acids is 2. The quantitative estimate of drug-likeness (QED) is 0.660. The van der Waals surface area contributed by atoms with Crippen molar-refractivity contribution in [3.05, 3.63) is 23.8 Å².